The number of allylic oxidation sites excluding steroid dienone is 1. The molecule has 0 saturated carbocycles. The van der Waals surface area contributed by atoms with E-state index in [2.05, 4.69) is 4.99 Å². The summed E-state index contributed by atoms with van der Waals surface area (Å²) in [4.78, 5) is 20.0. The number of rotatable bonds is 9. The maximum absolute atomic E-state index is 13.5. The summed E-state index contributed by atoms with van der Waals surface area (Å²) in [7, 11) is 1.64. The van der Waals surface area contributed by atoms with Crippen molar-refractivity contribution in [2.45, 2.75) is 52.2 Å². The molecule has 7 heteroatoms. The average Bonchev–Trinajstić information content (AvgIpc) is 2.81. The summed E-state index contributed by atoms with van der Waals surface area (Å²) in [6, 6.07) is 13.3. The van der Waals surface area contributed by atoms with Crippen LogP contribution in [0.3, 0.4) is 0 Å². The number of hydrogen-bond acceptors (Lipinski definition) is 5. The zero-order valence-electron chi connectivity index (χ0n) is 21.2. The molecule has 2 aromatic rings. The fraction of sp³-hybridized carbons (Fsp3) is 0.429. The van der Waals surface area contributed by atoms with Gasteiger partial charge in [0.25, 0.3) is 5.91 Å². The zero-order chi connectivity index (χ0) is 25.4. The van der Waals surface area contributed by atoms with Crippen LogP contribution in [0.15, 0.2) is 59.2 Å². The van der Waals surface area contributed by atoms with Gasteiger partial charge in [-0.25, -0.2) is 0 Å². The Kier molecular flexibility index (Phi) is 9.35. The van der Waals surface area contributed by atoms with Crippen molar-refractivity contribution >= 4 is 23.7 Å². The van der Waals surface area contributed by atoms with Crippen molar-refractivity contribution in [3.05, 3.63) is 70.4 Å². The molecule has 1 amide bonds. The van der Waals surface area contributed by atoms with Crippen LogP contribution in [0.4, 0.5) is 0 Å². The third-order valence-electron chi connectivity index (χ3n) is 5.67. The highest BCUT2D eigenvalue weighted by molar-refractivity contribution is 6.30. The summed E-state index contributed by atoms with van der Waals surface area (Å²) < 4.78 is 16.9. The van der Waals surface area contributed by atoms with Crippen molar-refractivity contribution in [2.24, 2.45) is 4.99 Å². The summed E-state index contributed by atoms with van der Waals surface area (Å²) >= 11 is 6.11. The molecule has 0 unspecified atom stereocenters. The van der Waals surface area contributed by atoms with Crippen molar-refractivity contribution in [2.75, 3.05) is 26.9 Å². The van der Waals surface area contributed by atoms with Crippen LogP contribution < -0.4 is 9.47 Å². The van der Waals surface area contributed by atoms with Gasteiger partial charge in [0.15, 0.2) is 11.5 Å². The number of morpholine rings is 1. The quantitative estimate of drug-likeness (QED) is 0.328. The molecule has 35 heavy (non-hydrogen) atoms. The van der Waals surface area contributed by atoms with Crippen LogP contribution in [-0.2, 0) is 16.0 Å². The molecule has 1 aliphatic rings. The van der Waals surface area contributed by atoms with Gasteiger partial charge >= 0.3 is 0 Å². The van der Waals surface area contributed by atoms with E-state index in [0.717, 1.165) is 23.3 Å². The Bertz CT molecular complexity index is 1080. The number of aliphatic imine (C=N–C) groups is 1. The molecular weight excluding hydrogens is 464 g/mol. The highest BCUT2D eigenvalue weighted by atomic mass is 35.5. The topological polar surface area (TPSA) is 60.4 Å². The number of methoxy groups -OCH3 is 1. The number of nitrogens with zero attached hydrogens (tertiary/aromatic N) is 2. The van der Waals surface area contributed by atoms with Gasteiger partial charge in [0.2, 0.25) is 0 Å². The number of aryl methyl sites for hydroxylation is 1. The molecule has 188 valence electrons. The number of carbonyl (C=O) groups is 1. The molecule has 1 heterocycles. The summed E-state index contributed by atoms with van der Waals surface area (Å²) in [5.41, 5.74) is 1.93. The van der Waals surface area contributed by atoms with Crippen LogP contribution in [0.2, 0.25) is 5.02 Å². The van der Waals surface area contributed by atoms with Crippen LogP contribution in [0.25, 0.3) is 0 Å². The molecule has 6 nitrogen and oxygen atoms in total. The van der Waals surface area contributed by atoms with Crippen molar-refractivity contribution < 1.29 is 19.0 Å². The first kappa shape index (κ1) is 26.8. The van der Waals surface area contributed by atoms with E-state index in [9.17, 15) is 4.79 Å². The van der Waals surface area contributed by atoms with E-state index < -0.39 is 5.54 Å². The van der Waals surface area contributed by atoms with Crippen LogP contribution >= 0.6 is 11.6 Å². The van der Waals surface area contributed by atoms with Crippen molar-refractivity contribution in [1.29, 1.82) is 0 Å². The molecule has 0 N–H and O–H groups in total. The van der Waals surface area contributed by atoms with Gasteiger partial charge in [-0.2, -0.15) is 0 Å². The van der Waals surface area contributed by atoms with Gasteiger partial charge in [-0.3, -0.25) is 9.79 Å². The molecule has 0 atom stereocenters. The van der Waals surface area contributed by atoms with Crippen LogP contribution in [0, 0.1) is 0 Å². The Labute approximate surface area is 213 Å². The zero-order valence-corrected chi connectivity index (χ0v) is 22.0. The first-order valence-corrected chi connectivity index (χ1v) is 12.3. The molecule has 0 radical (unpaired) electrons. The SMILES string of the molecule is COc1cc(CC/C=C(/N=Cc2cccc(Cl)c2)C(=O)N2CCOCC2(C)C)ccc1OC(C)C. The Balaban J connectivity index is 1.81. The lowest BCUT2D eigenvalue weighted by Gasteiger charge is -2.42. The van der Waals surface area contributed by atoms with E-state index in [0.29, 0.717) is 42.6 Å². The number of hydrogen-bond donors (Lipinski definition) is 0. The second-order valence-corrected chi connectivity index (χ2v) is 9.85. The fourth-order valence-electron chi connectivity index (χ4n) is 3.89. The second-order valence-electron chi connectivity index (χ2n) is 9.41. The minimum atomic E-state index is -0.403. The smallest absolute Gasteiger partial charge is 0.272 e. The number of ether oxygens (including phenoxy) is 3. The van der Waals surface area contributed by atoms with E-state index in [1.54, 1.807) is 13.3 Å². The highest BCUT2D eigenvalue weighted by Gasteiger charge is 2.35. The monoisotopic (exact) mass is 498 g/mol. The van der Waals surface area contributed by atoms with Crippen molar-refractivity contribution in [3.8, 4) is 11.5 Å². The predicted molar refractivity (Wildman–Crippen MR) is 141 cm³/mol. The Morgan fingerprint density at radius 3 is 2.71 bits per heavy atom. The lowest BCUT2D eigenvalue weighted by atomic mass is 10.0. The van der Waals surface area contributed by atoms with Gasteiger partial charge in [0.05, 0.1) is 32.0 Å². The summed E-state index contributed by atoms with van der Waals surface area (Å²) in [5, 5.41) is 0.624. The molecular formula is C28H35ClN2O4. The highest BCUT2D eigenvalue weighted by Crippen LogP contribution is 2.29. The van der Waals surface area contributed by atoms with Gasteiger partial charge in [0.1, 0.15) is 5.70 Å². The predicted octanol–water partition coefficient (Wildman–Crippen LogP) is 5.71. The normalized spacial score (nSPS) is 16.1. The van der Waals surface area contributed by atoms with E-state index in [1.165, 1.54) is 0 Å². The minimum Gasteiger partial charge on any atom is -0.493 e. The van der Waals surface area contributed by atoms with Crippen molar-refractivity contribution in [1.82, 2.24) is 4.90 Å². The van der Waals surface area contributed by atoms with Gasteiger partial charge in [-0.05, 0) is 75.9 Å². The molecule has 0 bridgehead atoms. The van der Waals surface area contributed by atoms with E-state index in [-0.39, 0.29) is 12.0 Å². The number of amides is 1. The minimum absolute atomic E-state index is 0.0630. The lowest BCUT2D eigenvalue weighted by molar-refractivity contribution is -0.142. The molecule has 0 aliphatic carbocycles. The lowest BCUT2D eigenvalue weighted by Crippen LogP contribution is -2.55. The maximum atomic E-state index is 13.5. The Morgan fingerprint density at radius 2 is 2.03 bits per heavy atom. The van der Waals surface area contributed by atoms with Gasteiger partial charge in [-0.15, -0.1) is 0 Å². The molecule has 1 saturated heterocycles. The maximum Gasteiger partial charge on any atom is 0.272 e. The van der Waals surface area contributed by atoms with Crippen molar-refractivity contribution in [3.63, 3.8) is 0 Å². The second kappa shape index (κ2) is 12.2. The number of halogens is 1. The summed E-state index contributed by atoms with van der Waals surface area (Å²) in [6.07, 6.45) is 5.03. The van der Waals surface area contributed by atoms with Gasteiger partial charge in [0, 0.05) is 17.8 Å². The van der Waals surface area contributed by atoms with Gasteiger partial charge in [-0.1, -0.05) is 35.9 Å². The molecule has 0 aromatic heterocycles. The van der Waals surface area contributed by atoms with Crippen LogP contribution in [0.1, 0.15) is 45.2 Å². The summed E-state index contributed by atoms with van der Waals surface area (Å²) in [6.45, 7) is 9.53. The molecule has 3 rings (SSSR count). The third kappa shape index (κ3) is 7.58. The van der Waals surface area contributed by atoms with Crippen LogP contribution in [-0.4, -0.2) is 55.5 Å². The van der Waals surface area contributed by atoms with E-state index in [1.807, 2.05) is 81.1 Å². The molecule has 2 aromatic carbocycles. The Hall–Kier alpha value is -2.83. The summed E-state index contributed by atoms with van der Waals surface area (Å²) in [5.74, 6) is 1.32. The average molecular weight is 499 g/mol. The largest absolute Gasteiger partial charge is 0.493 e. The van der Waals surface area contributed by atoms with E-state index >= 15 is 0 Å². The van der Waals surface area contributed by atoms with Gasteiger partial charge < -0.3 is 19.1 Å². The number of carbonyl (C=O) groups excluding carboxylic acids is 1. The first-order chi connectivity index (χ1) is 16.7. The Morgan fingerprint density at radius 1 is 1.23 bits per heavy atom. The first-order valence-electron chi connectivity index (χ1n) is 11.9. The molecule has 1 aliphatic heterocycles. The fourth-order valence-corrected chi connectivity index (χ4v) is 4.09. The molecule has 1 fully saturated rings. The number of benzene rings is 2. The standard InChI is InChI=1S/C28H35ClN2O4/c1-20(2)35-25-13-12-21(17-26(25)33-5)8-7-11-24(30-18-22-9-6-10-23(29)16-22)27(32)31-14-15-34-19-28(31,3)4/h6,9-13,16-18,20H,7-8,14-15,19H2,1-5H3/b24-11+,30-18?. The van der Waals surface area contributed by atoms with Crippen LogP contribution in [0.5, 0.6) is 11.5 Å². The molecule has 0 spiro atoms. The van der Waals surface area contributed by atoms with E-state index in [4.69, 9.17) is 25.8 Å². The third-order valence-corrected chi connectivity index (χ3v) is 5.91.